The maximum atomic E-state index is 12.4. The number of alkyl halides is 2. The van der Waals surface area contributed by atoms with E-state index in [1.807, 2.05) is 18.2 Å². The first-order valence-electron chi connectivity index (χ1n) is 5.99. The summed E-state index contributed by atoms with van der Waals surface area (Å²) >= 11 is 0. The van der Waals surface area contributed by atoms with Gasteiger partial charge in [-0.3, -0.25) is 0 Å². The molecule has 0 heterocycles. The highest BCUT2D eigenvalue weighted by Gasteiger charge is 2.35. The molecule has 2 rings (SSSR count). The molecule has 0 spiro atoms. The first-order chi connectivity index (χ1) is 8.18. The Balaban J connectivity index is 2.28. The maximum absolute atomic E-state index is 12.4. The number of halogens is 2. The van der Waals surface area contributed by atoms with Gasteiger partial charge in [-0.1, -0.05) is 24.3 Å². The molecule has 0 saturated heterocycles. The lowest BCUT2D eigenvalue weighted by Crippen LogP contribution is -2.51. The van der Waals surface area contributed by atoms with Gasteiger partial charge in [0.15, 0.2) is 0 Å². The molecular weight excluding hydrogens is 222 g/mol. The lowest BCUT2D eigenvalue weighted by Gasteiger charge is -2.39. The molecule has 0 bridgehead atoms. The van der Waals surface area contributed by atoms with Gasteiger partial charge in [0.05, 0.1) is 12.1 Å². The van der Waals surface area contributed by atoms with Crippen LogP contribution in [0.2, 0.25) is 0 Å². The van der Waals surface area contributed by atoms with Gasteiger partial charge in [-0.25, -0.2) is 8.78 Å². The number of benzene rings is 1. The van der Waals surface area contributed by atoms with Crippen molar-refractivity contribution in [2.45, 2.75) is 31.2 Å². The van der Waals surface area contributed by atoms with Crippen LogP contribution in [0, 0.1) is 0 Å². The molecule has 4 heteroatoms. The van der Waals surface area contributed by atoms with Crippen LogP contribution in [0.1, 0.15) is 24.0 Å². The molecule has 0 saturated carbocycles. The summed E-state index contributed by atoms with van der Waals surface area (Å²) in [7, 11) is 0. The molecule has 1 aromatic carbocycles. The van der Waals surface area contributed by atoms with E-state index in [1.165, 1.54) is 5.56 Å². The average molecular weight is 240 g/mol. The zero-order valence-electron chi connectivity index (χ0n) is 9.76. The van der Waals surface area contributed by atoms with Crippen molar-refractivity contribution in [2.75, 3.05) is 13.1 Å². The molecule has 0 radical (unpaired) electrons. The van der Waals surface area contributed by atoms with E-state index in [0.717, 1.165) is 24.8 Å². The third-order valence-corrected chi connectivity index (χ3v) is 3.53. The summed E-state index contributed by atoms with van der Waals surface area (Å²) in [5.41, 5.74) is 7.68. The van der Waals surface area contributed by atoms with Crippen molar-refractivity contribution in [3.05, 3.63) is 35.4 Å². The van der Waals surface area contributed by atoms with Gasteiger partial charge < -0.3 is 11.1 Å². The van der Waals surface area contributed by atoms with Gasteiger partial charge in [0.1, 0.15) is 0 Å². The molecule has 1 aliphatic rings. The van der Waals surface area contributed by atoms with E-state index in [2.05, 4.69) is 11.4 Å². The van der Waals surface area contributed by atoms with E-state index in [1.54, 1.807) is 0 Å². The second kappa shape index (κ2) is 5.10. The van der Waals surface area contributed by atoms with Crippen molar-refractivity contribution in [3.8, 4) is 0 Å². The largest absolute Gasteiger partial charge is 0.328 e. The van der Waals surface area contributed by atoms with Crippen LogP contribution < -0.4 is 11.1 Å². The minimum Gasteiger partial charge on any atom is -0.328 e. The molecule has 3 N–H and O–H groups in total. The number of hydrogen-bond acceptors (Lipinski definition) is 2. The van der Waals surface area contributed by atoms with Gasteiger partial charge in [0.25, 0.3) is 6.43 Å². The van der Waals surface area contributed by atoms with E-state index in [9.17, 15) is 8.78 Å². The van der Waals surface area contributed by atoms with E-state index in [4.69, 9.17) is 5.73 Å². The second-order valence-electron chi connectivity index (χ2n) is 4.57. The minimum atomic E-state index is -2.34. The Labute approximate surface area is 100 Å². The Bertz CT molecular complexity index is 381. The molecule has 2 nitrogen and oxygen atoms in total. The Morgan fingerprint density at radius 3 is 2.82 bits per heavy atom. The Morgan fingerprint density at radius 2 is 2.12 bits per heavy atom. The third kappa shape index (κ3) is 2.48. The lowest BCUT2D eigenvalue weighted by molar-refractivity contribution is 0.125. The highest BCUT2D eigenvalue weighted by molar-refractivity contribution is 5.36. The fourth-order valence-electron chi connectivity index (χ4n) is 2.66. The average Bonchev–Trinajstić information content (AvgIpc) is 2.36. The van der Waals surface area contributed by atoms with Crippen molar-refractivity contribution in [1.29, 1.82) is 0 Å². The van der Waals surface area contributed by atoms with Gasteiger partial charge in [-0.2, -0.15) is 0 Å². The van der Waals surface area contributed by atoms with Crippen molar-refractivity contribution in [1.82, 2.24) is 5.32 Å². The summed E-state index contributed by atoms with van der Waals surface area (Å²) < 4.78 is 24.7. The molecule has 1 aliphatic carbocycles. The first kappa shape index (κ1) is 12.5. The molecule has 0 aliphatic heterocycles. The fraction of sp³-hybridized carbons (Fsp3) is 0.538. The zero-order chi connectivity index (χ0) is 12.3. The number of hydrogen-bond donors (Lipinski definition) is 2. The van der Waals surface area contributed by atoms with Crippen LogP contribution >= 0.6 is 0 Å². The monoisotopic (exact) mass is 240 g/mol. The number of fused-ring (bicyclic) bond motifs is 1. The SMILES string of the molecule is NCC1(NCC(F)F)CCCc2ccccc21. The fourth-order valence-corrected chi connectivity index (χ4v) is 2.66. The molecule has 94 valence electrons. The topological polar surface area (TPSA) is 38.0 Å². The molecule has 0 amide bonds. The molecule has 17 heavy (non-hydrogen) atoms. The van der Waals surface area contributed by atoms with Crippen LogP contribution in [0.3, 0.4) is 0 Å². The number of aryl methyl sites for hydroxylation is 1. The summed E-state index contributed by atoms with van der Waals surface area (Å²) in [5.74, 6) is 0. The van der Waals surface area contributed by atoms with Gasteiger partial charge in [-0.15, -0.1) is 0 Å². The number of nitrogens with two attached hydrogens (primary N) is 1. The van der Waals surface area contributed by atoms with Crippen molar-refractivity contribution in [2.24, 2.45) is 5.73 Å². The molecule has 1 unspecified atom stereocenters. The van der Waals surface area contributed by atoms with Crippen LogP contribution in [-0.4, -0.2) is 19.5 Å². The van der Waals surface area contributed by atoms with E-state index < -0.39 is 12.0 Å². The molecule has 1 aromatic rings. The standard InChI is InChI=1S/C13H18F2N2/c14-12(15)8-17-13(9-16)7-3-5-10-4-1-2-6-11(10)13/h1-2,4,6,12,17H,3,5,7-9,16H2. The van der Waals surface area contributed by atoms with Crippen molar-refractivity contribution < 1.29 is 8.78 Å². The van der Waals surface area contributed by atoms with E-state index in [-0.39, 0.29) is 6.54 Å². The van der Waals surface area contributed by atoms with Gasteiger partial charge in [0.2, 0.25) is 0 Å². The number of nitrogens with one attached hydrogen (secondary N) is 1. The van der Waals surface area contributed by atoms with Crippen LogP contribution in [0.25, 0.3) is 0 Å². The van der Waals surface area contributed by atoms with Gasteiger partial charge in [0, 0.05) is 6.54 Å². The molecule has 0 aromatic heterocycles. The smallest absolute Gasteiger partial charge is 0.250 e. The highest BCUT2D eigenvalue weighted by Crippen LogP contribution is 2.34. The Morgan fingerprint density at radius 1 is 1.35 bits per heavy atom. The normalized spacial score (nSPS) is 23.8. The van der Waals surface area contributed by atoms with Crippen molar-refractivity contribution >= 4 is 0 Å². The number of rotatable bonds is 4. The van der Waals surface area contributed by atoms with Crippen LogP contribution in [0.4, 0.5) is 8.78 Å². The Kier molecular flexibility index (Phi) is 3.74. The van der Waals surface area contributed by atoms with E-state index >= 15 is 0 Å². The van der Waals surface area contributed by atoms with Gasteiger partial charge in [-0.05, 0) is 30.4 Å². The molecule has 0 fully saturated rings. The second-order valence-corrected chi connectivity index (χ2v) is 4.57. The first-order valence-corrected chi connectivity index (χ1v) is 5.99. The lowest BCUT2D eigenvalue weighted by atomic mass is 9.76. The van der Waals surface area contributed by atoms with Crippen LogP contribution in [0.15, 0.2) is 24.3 Å². The predicted molar refractivity (Wildman–Crippen MR) is 64.1 cm³/mol. The molecular formula is C13H18F2N2. The summed E-state index contributed by atoms with van der Waals surface area (Å²) in [6.07, 6.45) is 0.485. The minimum absolute atomic E-state index is 0.300. The quantitative estimate of drug-likeness (QED) is 0.845. The third-order valence-electron chi connectivity index (χ3n) is 3.53. The van der Waals surface area contributed by atoms with Crippen LogP contribution in [0.5, 0.6) is 0 Å². The van der Waals surface area contributed by atoms with Gasteiger partial charge >= 0.3 is 0 Å². The summed E-state index contributed by atoms with van der Waals surface area (Å²) in [5, 5.41) is 2.97. The summed E-state index contributed by atoms with van der Waals surface area (Å²) in [6.45, 7) is 0.0578. The summed E-state index contributed by atoms with van der Waals surface area (Å²) in [6, 6.07) is 7.99. The Hall–Kier alpha value is -1.00. The van der Waals surface area contributed by atoms with Crippen molar-refractivity contribution in [3.63, 3.8) is 0 Å². The molecule has 1 atom stereocenters. The maximum Gasteiger partial charge on any atom is 0.250 e. The van der Waals surface area contributed by atoms with E-state index in [0.29, 0.717) is 6.54 Å². The van der Waals surface area contributed by atoms with Crippen LogP contribution in [-0.2, 0) is 12.0 Å². The zero-order valence-corrected chi connectivity index (χ0v) is 9.76. The summed E-state index contributed by atoms with van der Waals surface area (Å²) in [4.78, 5) is 0. The highest BCUT2D eigenvalue weighted by atomic mass is 19.3. The predicted octanol–water partition coefficient (Wildman–Crippen LogP) is 2.03.